The molecule has 1 fully saturated rings. The van der Waals surface area contributed by atoms with Crippen molar-refractivity contribution in [1.82, 2.24) is 5.32 Å². The summed E-state index contributed by atoms with van der Waals surface area (Å²) in [6, 6.07) is 0.301. The molecule has 1 saturated carbocycles. The van der Waals surface area contributed by atoms with Gasteiger partial charge in [-0.15, -0.1) is 0 Å². The zero-order valence-corrected chi connectivity index (χ0v) is 11.9. The highest BCUT2D eigenvalue weighted by Crippen LogP contribution is 2.38. The number of carbonyl (C=O) groups excluding carboxylic acids is 1. The van der Waals surface area contributed by atoms with Crippen molar-refractivity contribution in [2.45, 2.75) is 65.5 Å². The normalized spacial score (nSPS) is 33.8. The minimum atomic E-state index is -0.462. The molecule has 0 aliphatic heterocycles. The smallest absolute Gasteiger partial charge is 0.326 e. The molecule has 0 bridgehead atoms. The summed E-state index contributed by atoms with van der Waals surface area (Å²) in [6.07, 6.45) is 3.09. The van der Waals surface area contributed by atoms with E-state index in [4.69, 9.17) is 4.74 Å². The maximum Gasteiger partial charge on any atom is 0.326 e. The number of nitrogens with one attached hydrogen (secondary N) is 1. The predicted molar refractivity (Wildman–Crippen MR) is 69.8 cm³/mol. The summed E-state index contributed by atoms with van der Waals surface area (Å²) >= 11 is 0. The average Bonchev–Trinajstić information content (AvgIpc) is 2.22. The quantitative estimate of drug-likeness (QED) is 0.769. The molecule has 3 unspecified atom stereocenters. The van der Waals surface area contributed by atoms with Crippen molar-refractivity contribution < 1.29 is 9.53 Å². The van der Waals surface area contributed by atoms with E-state index in [2.05, 4.69) is 33.0 Å². The summed E-state index contributed by atoms with van der Waals surface area (Å²) < 4.78 is 5.29. The van der Waals surface area contributed by atoms with Crippen LogP contribution in [0.15, 0.2) is 0 Å². The topological polar surface area (TPSA) is 38.3 Å². The fourth-order valence-corrected chi connectivity index (χ4v) is 2.99. The van der Waals surface area contributed by atoms with E-state index in [9.17, 15) is 4.79 Å². The molecule has 1 rings (SSSR count). The van der Waals surface area contributed by atoms with Crippen LogP contribution in [0, 0.1) is 11.8 Å². The van der Waals surface area contributed by atoms with E-state index in [1.54, 1.807) is 0 Å². The van der Waals surface area contributed by atoms with E-state index in [0.717, 1.165) is 19.3 Å². The molecular formula is C14H27NO2. The number of ether oxygens (including phenoxy) is 1. The van der Waals surface area contributed by atoms with Gasteiger partial charge in [-0.05, 0) is 51.9 Å². The number of esters is 1. The molecule has 1 N–H and O–H groups in total. The summed E-state index contributed by atoms with van der Waals surface area (Å²) in [4.78, 5) is 12.3. The van der Waals surface area contributed by atoms with Gasteiger partial charge in [0, 0.05) is 6.04 Å². The Hall–Kier alpha value is -0.570. The van der Waals surface area contributed by atoms with Gasteiger partial charge in [0.25, 0.3) is 0 Å². The lowest BCUT2D eigenvalue weighted by Crippen LogP contribution is -2.61. The number of hydrogen-bond acceptors (Lipinski definition) is 3. The SMILES string of the molecule is CCOC(=O)C1(NC(C)C)CCC(C)CC1C. The molecule has 3 atom stereocenters. The van der Waals surface area contributed by atoms with E-state index in [1.807, 2.05) is 6.92 Å². The highest BCUT2D eigenvalue weighted by Gasteiger charge is 2.47. The van der Waals surface area contributed by atoms with Gasteiger partial charge in [-0.25, -0.2) is 0 Å². The standard InChI is InChI=1S/C14H27NO2/c1-6-17-13(16)14(15-10(2)3)8-7-11(4)9-12(14)5/h10-12,15H,6-9H2,1-5H3. The fourth-order valence-electron chi connectivity index (χ4n) is 2.99. The third-order valence-electron chi connectivity index (χ3n) is 3.81. The molecule has 17 heavy (non-hydrogen) atoms. The van der Waals surface area contributed by atoms with Crippen LogP contribution in [0.25, 0.3) is 0 Å². The van der Waals surface area contributed by atoms with E-state index in [-0.39, 0.29) is 5.97 Å². The van der Waals surface area contributed by atoms with E-state index in [1.165, 1.54) is 0 Å². The van der Waals surface area contributed by atoms with Gasteiger partial charge >= 0.3 is 5.97 Å². The average molecular weight is 241 g/mol. The van der Waals surface area contributed by atoms with Gasteiger partial charge in [0.15, 0.2) is 0 Å². The molecule has 1 aliphatic carbocycles. The second kappa shape index (κ2) is 5.85. The van der Waals surface area contributed by atoms with Crippen LogP contribution in [-0.4, -0.2) is 24.2 Å². The van der Waals surface area contributed by atoms with Gasteiger partial charge in [-0.3, -0.25) is 10.1 Å². The maximum absolute atomic E-state index is 12.3. The van der Waals surface area contributed by atoms with E-state index >= 15 is 0 Å². The number of hydrogen-bond donors (Lipinski definition) is 1. The second-order valence-electron chi connectivity index (χ2n) is 5.77. The van der Waals surface area contributed by atoms with Crippen LogP contribution in [0.2, 0.25) is 0 Å². The van der Waals surface area contributed by atoms with Crippen molar-refractivity contribution in [3.8, 4) is 0 Å². The summed E-state index contributed by atoms with van der Waals surface area (Å²) in [5.41, 5.74) is -0.462. The first-order valence-corrected chi connectivity index (χ1v) is 6.87. The Morgan fingerprint density at radius 1 is 1.47 bits per heavy atom. The second-order valence-corrected chi connectivity index (χ2v) is 5.77. The summed E-state index contributed by atoms with van der Waals surface area (Å²) in [6.45, 7) is 10.9. The number of rotatable bonds is 4. The van der Waals surface area contributed by atoms with Crippen LogP contribution >= 0.6 is 0 Å². The Morgan fingerprint density at radius 2 is 2.12 bits per heavy atom. The predicted octanol–water partition coefficient (Wildman–Crippen LogP) is 2.74. The molecule has 1 aliphatic rings. The molecule has 0 saturated heterocycles. The summed E-state index contributed by atoms with van der Waals surface area (Å²) in [5, 5.41) is 3.48. The molecule has 0 aromatic heterocycles. The number of carbonyl (C=O) groups is 1. The molecule has 100 valence electrons. The lowest BCUT2D eigenvalue weighted by Gasteiger charge is -2.44. The van der Waals surface area contributed by atoms with Crippen molar-refractivity contribution in [3.05, 3.63) is 0 Å². The zero-order chi connectivity index (χ0) is 13.1. The van der Waals surface area contributed by atoms with Crippen molar-refractivity contribution in [3.63, 3.8) is 0 Å². The Morgan fingerprint density at radius 3 is 2.59 bits per heavy atom. The van der Waals surface area contributed by atoms with Crippen molar-refractivity contribution >= 4 is 5.97 Å². The summed E-state index contributed by atoms with van der Waals surface area (Å²) in [5.74, 6) is 0.988. The lowest BCUT2D eigenvalue weighted by atomic mass is 9.69. The maximum atomic E-state index is 12.3. The Bertz CT molecular complexity index is 265. The van der Waals surface area contributed by atoms with Gasteiger partial charge in [0.1, 0.15) is 5.54 Å². The Labute approximate surface area is 105 Å². The first-order valence-electron chi connectivity index (χ1n) is 6.87. The van der Waals surface area contributed by atoms with Crippen LogP contribution in [0.4, 0.5) is 0 Å². The highest BCUT2D eigenvalue weighted by molar-refractivity contribution is 5.81. The van der Waals surface area contributed by atoms with Gasteiger partial charge in [-0.1, -0.05) is 13.8 Å². The molecule has 0 aromatic rings. The molecule has 0 heterocycles. The molecular weight excluding hydrogens is 214 g/mol. The molecule has 0 aromatic carbocycles. The Kier molecular flexibility index (Phi) is 4.99. The van der Waals surface area contributed by atoms with Crippen LogP contribution in [0.3, 0.4) is 0 Å². The Balaban J connectivity index is 2.88. The monoisotopic (exact) mass is 241 g/mol. The van der Waals surface area contributed by atoms with Crippen LogP contribution in [-0.2, 0) is 9.53 Å². The van der Waals surface area contributed by atoms with Gasteiger partial charge < -0.3 is 4.74 Å². The molecule has 0 radical (unpaired) electrons. The molecule has 3 nitrogen and oxygen atoms in total. The molecule has 0 spiro atoms. The van der Waals surface area contributed by atoms with Crippen LogP contribution in [0.1, 0.15) is 53.9 Å². The van der Waals surface area contributed by atoms with Crippen molar-refractivity contribution in [2.75, 3.05) is 6.61 Å². The minimum Gasteiger partial charge on any atom is -0.465 e. The minimum absolute atomic E-state index is 0.0619. The third-order valence-corrected chi connectivity index (χ3v) is 3.81. The lowest BCUT2D eigenvalue weighted by molar-refractivity contribution is -0.156. The first-order chi connectivity index (χ1) is 7.92. The van der Waals surface area contributed by atoms with Gasteiger partial charge in [-0.2, -0.15) is 0 Å². The molecule has 3 heteroatoms. The fraction of sp³-hybridized carbons (Fsp3) is 0.929. The van der Waals surface area contributed by atoms with Crippen molar-refractivity contribution in [1.29, 1.82) is 0 Å². The highest BCUT2D eigenvalue weighted by atomic mass is 16.5. The van der Waals surface area contributed by atoms with Gasteiger partial charge in [0.05, 0.1) is 6.61 Å². The summed E-state index contributed by atoms with van der Waals surface area (Å²) in [7, 11) is 0. The molecule has 0 amide bonds. The van der Waals surface area contributed by atoms with E-state index < -0.39 is 5.54 Å². The van der Waals surface area contributed by atoms with E-state index in [0.29, 0.717) is 24.5 Å². The van der Waals surface area contributed by atoms with Crippen LogP contribution < -0.4 is 5.32 Å². The van der Waals surface area contributed by atoms with Gasteiger partial charge in [0.2, 0.25) is 0 Å². The van der Waals surface area contributed by atoms with Crippen molar-refractivity contribution in [2.24, 2.45) is 11.8 Å². The first kappa shape index (κ1) is 14.5. The van der Waals surface area contributed by atoms with Crippen LogP contribution in [0.5, 0.6) is 0 Å². The largest absolute Gasteiger partial charge is 0.465 e. The zero-order valence-electron chi connectivity index (χ0n) is 11.9. The third kappa shape index (κ3) is 3.21.